The van der Waals surface area contributed by atoms with E-state index in [2.05, 4.69) is 55.3 Å². The maximum Gasteiger partial charge on any atom is 0.250 e. The quantitative estimate of drug-likeness (QED) is 0.125. The van der Waals surface area contributed by atoms with E-state index in [1.165, 1.54) is 17.1 Å². The summed E-state index contributed by atoms with van der Waals surface area (Å²) in [4.78, 5) is 15.8. The molecule has 0 saturated heterocycles. The SMILES string of the molecule is O=C(CSc1nnc(CNc2cccc3ccccc23)n1-c1ccccc1)NN=Cc1c[nH]c2ccccc12. The van der Waals surface area contributed by atoms with E-state index in [0.717, 1.165) is 39.1 Å². The van der Waals surface area contributed by atoms with Crippen LogP contribution in [0.5, 0.6) is 0 Å². The van der Waals surface area contributed by atoms with Gasteiger partial charge in [-0.1, -0.05) is 84.6 Å². The third-order valence-electron chi connectivity index (χ3n) is 6.29. The molecule has 0 aliphatic carbocycles. The van der Waals surface area contributed by atoms with Gasteiger partial charge >= 0.3 is 0 Å². The highest BCUT2D eigenvalue weighted by atomic mass is 32.2. The number of hydrogen-bond donors (Lipinski definition) is 3. The first-order valence-corrected chi connectivity index (χ1v) is 13.5. The molecule has 0 bridgehead atoms. The Bertz CT molecular complexity index is 1770. The Labute approximate surface area is 229 Å². The van der Waals surface area contributed by atoms with Crippen LogP contribution in [-0.2, 0) is 11.3 Å². The van der Waals surface area contributed by atoms with Gasteiger partial charge in [-0.05, 0) is 29.7 Å². The average molecular weight is 532 g/mol. The molecule has 8 nitrogen and oxygen atoms in total. The normalized spacial score (nSPS) is 11.4. The third-order valence-corrected chi connectivity index (χ3v) is 7.22. The van der Waals surface area contributed by atoms with Crippen molar-refractivity contribution in [1.29, 1.82) is 0 Å². The molecular formula is C30H25N7OS. The van der Waals surface area contributed by atoms with Gasteiger partial charge in [0.05, 0.1) is 18.5 Å². The predicted molar refractivity (Wildman–Crippen MR) is 157 cm³/mol. The number of aromatic nitrogens is 4. The zero-order valence-corrected chi connectivity index (χ0v) is 21.7. The molecule has 0 fully saturated rings. The number of hydrogen-bond acceptors (Lipinski definition) is 6. The molecule has 39 heavy (non-hydrogen) atoms. The van der Waals surface area contributed by atoms with Crippen molar-refractivity contribution in [2.75, 3.05) is 11.1 Å². The first-order valence-electron chi connectivity index (χ1n) is 12.5. The second-order valence-electron chi connectivity index (χ2n) is 8.82. The maximum absolute atomic E-state index is 12.6. The van der Waals surface area contributed by atoms with Crippen LogP contribution in [0.25, 0.3) is 27.4 Å². The van der Waals surface area contributed by atoms with Crippen LogP contribution in [0.2, 0.25) is 0 Å². The number of nitrogens with one attached hydrogen (secondary N) is 3. The Morgan fingerprint density at radius 2 is 1.67 bits per heavy atom. The number of anilines is 1. The fourth-order valence-corrected chi connectivity index (χ4v) is 5.20. The Morgan fingerprint density at radius 3 is 2.56 bits per heavy atom. The summed E-state index contributed by atoms with van der Waals surface area (Å²) in [5, 5.41) is 20.5. The van der Waals surface area contributed by atoms with Crippen molar-refractivity contribution in [2.45, 2.75) is 11.7 Å². The second-order valence-corrected chi connectivity index (χ2v) is 9.76. The fourth-order valence-electron chi connectivity index (χ4n) is 4.44. The Morgan fingerprint density at radius 1 is 0.897 bits per heavy atom. The van der Waals surface area contributed by atoms with Crippen LogP contribution in [0.1, 0.15) is 11.4 Å². The zero-order valence-electron chi connectivity index (χ0n) is 20.9. The van der Waals surface area contributed by atoms with Crippen molar-refractivity contribution in [3.63, 3.8) is 0 Å². The van der Waals surface area contributed by atoms with Gasteiger partial charge in [0, 0.05) is 39.4 Å². The van der Waals surface area contributed by atoms with Crippen molar-refractivity contribution in [1.82, 2.24) is 25.2 Å². The minimum atomic E-state index is -0.228. The van der Waals surface area contributed by atoms with E-state index in [-0.39, 0.29) is 11.7 Å². The number of nitrogens with zero attached hydrogens (tertiary/aromatic N) is 4. The molecule has 4 aromatic carbocycles. The van der Waals surface area contributed by atoms with Crippen molar-refractivity contribution in [3.05, 3.63) is 115 Å². The highest BCUT2D eigenvalue weighted by Gasteiger charge is 2.16. The number of amides is 1. The lowest BCUT2D eigenvalue weighted by Crippen LogP contribution is -2.20. The Hall–Kier alpha value is -4.89. The van der Waals surface area contributed by atoms with Crippen LogP contribution >= 0.6 is 11.8 Å². The molecule has 0 atom stereocenters. The number of benzene rings is 4. The zero-order chi connectivity index (χ0) is 26.4. The van der Waals surface area contributed by atoms with Gasteiger partial charge in [0.2, 0.25) is 0 Å². The Balaban J connectivity index is 1.15. The van der Waals surface area contributed by atoms with Gasteiger partial charge in [-0.3, -0.25) is 9.36 Å². The van der Waals surface area contributed by atoms with Crippen LogP contribution in [0.15, 0.2) is 114 Å². The summed E-state index contributed by atoms with van der Waals surface area (Å²) in [7, 11) is 0. The standard InChI is InChI=1S/C30H25N7OS/c38-29(35-33-18-22-17-31-26-15-7-6-14-25(22)26)20-39-30-36-34-28(37(30)23-11-2-1-3-12-23)19-32-27-16-8-10-21-9-4-5-13-24(21)27/h1-18,31-32H,19-20H2,(H,35,38). The van der Waals surface area contributed by atoms with E-state index in [0.29, 0.717) is 11.7 Å². The molecule has 1 amide bonds. The first kappa shape index (κ1) is 24.4. The molecule has 0 radical (unpaired) electrons. The number of H-pyrrole nitrogens is 1. The minimum absolute atomic E-state index is 0.146. The molecule has 2 aromatic heterocycles. The summed E-state index contributed by atoms with van der Waals surface area (Å²) in [5.41, 5.74) is 6.49. The molecule has 0 saturated carbocycles. The van der Waals surface area contributed by atoms with Gasteiger partial charge in [0.1, 0.15) is 0 Å². The summed E-state index contributed by atoms with van der Waals surface area (Å²) < 4.78 is 1.98. The van der Waals surface area contributed by atoms with E-state index in [9.17, 15) is 4.79 Å². The second kappa shape index (κ2) is 11.2. The van der Waals surface area contributed by atoms with E-state index in [1.807, 2.05) is 83.6 Å². The van der Waals surface area contributed by atoms with Crippen molar-refractivity contribution < 1.29 is 4.79 Å². The average Bonchev–Trinajstić information content (AvgIpc) is 3.59. The number of rotatable bonds is 9. The molecule has 192 valence electrons. The monoisotopic (exact) mass is 531 g/mol. The van der Waals surface area contributed by atoms with Gasteiger partial charge in [0.25, 0.3) is 5.91 Å². The molecular weight excluding hydrogens is 506 g/mol. The molecule has 6 rings (SSSR count). The molecule has 2 heterocycles. The molecule has 9 heteroatoms. The van der Waals surface area contributed by atoms with Gasteiger partial charge in [-0.2, -0.15) is 5.10 Å². The van der Waals surface area contributed by atoms with Crippen molar-refractivity contribution in [2.24, 2.45) is 5.10 Å². The van der Waals surface area contributed by atoms with Crippen molar-refractivity contribution in [3.8, 4) is 5.69 Å². The highest BCUT2D eigenvalue weighted by Crippen LogP contribution is 2.26. The highest BCUT2D eigenvalue weighted by molar-refractivity contribution is 7.99. The number of fused-ring (bicyclic) bond motifs is 2. The third kappa shape index (κ3) is 5.39. The lowest BCUT2D eigenvalue weighted by Gasteiger charge is -2.12. The van der Waals surface area contributed by atoms with Crippen LogP contribution in [0.3, 0.4) is 0 Å². The van der Waals surface area contributed by atoms with E-state index >= 15 is 0 Å². The Kier molecular flexibility index (Phi) is 7.05. The maximum atomic E-state index is 12.6. The first-order chi connectivity index (χ1) is 19.3. The number of aromatic amines is 1. The summed E-state index contributed by atoms with van der Waals surface area (Å²) in [6.07, 6.45) is 3.51. The number of carbonyl (C=O) groups excluding carboxylic acids is 1. The lowest BCUT2D eigenvalue weighted by atomic mass is 10.1. The molecule has 0 aliphatic rings. The van der Waals surface area contributed by atoms with Crippen LogP contribution < -0.4 is 10.7 Å². The lowest BCUT2D eigenvalue weighted by molar-refractivity contribution is -0.118. The molecule has 3 N–H and O–H groups in total. The molecule has 0 aliphatic heterocycles. The van der Waals surface area contributed by atoms with E-state index in [1.54, 1.807) is 6.21 Å². The fraction of sp³-hybridized carbons (Fsp3) is 0.0667. The van der Waals surface area contributed by atoms with Gasteiger partial charge < -0.3 is 10.3 Å². The van der Waals surface area contributed by atoms with Gasteiger partial charge in [-0.15, -0.1) is 10.2 Å². The van der Waals surface area contributed by atoms with Crippen LogP contribution in [0.4, 0.5) is 5.69 Å². The van der Waals surface area contributed by atoms with Crippen molar-refractivity contribution >= 4 is 51.2 Å². The predicted octanol–water partition coefficient (Wildman–Crippen LogP) is 5.76. The van der Waals surface area contributed by atoms with Gasteiger partial charge in [-0.25, -0.2) is 5.43 Å². The van der Waals surface area contributed by atoms with Crippen LogP contribution in [-0.4, -0.2) is 37.6 Å². The van der Waals surface area contributed by atoms with E-state index < -0.39 is 0 Å². The number of para-hydroxylation sites is 2. The summed E-state index contributed by atoms with van der Waals surface area (Å²) in [5.74, 6) is 0.663. The minimum Gasteiger partial charge on any atom is -0.377 e. The topological polar surface area (TPSA) is 100.0 Å². The summed E-state index contributed by atoms with van der Waals surface area (Å²) in [6.45, 7) is 0.470. The number of thioether (sulfide) groups is 1. The van der Waals surface area contributed by atoms with E-state index in [4.69, 9.17) is 0 Å². The number of carbonyl (C=O) groups is 1. The summed E-state index contributed by atoms with van der Waals surface area (Å²) >= 11 is 1.31. The largest absolute Gasteiger partial charge is 0.377 e. The summed E-state index contributed by atoms with van der Waals surface area (Å²) in [6, 6.07) is 32.3. The van der Waals surface area contributed by atoms with Gasteiger partial charge in [0.15, 0.2) is 11.0 Å². The molecule has 6 aromatic rings. The smallest absolute Gasteiger partial charge is 0.250 e. The molecule has 0 unspecified atom stereocenters. The number of hydrazone groups is 1. The van der Waals surface area contributed by atoms with Crippen LogP contribution in [0, 0.1) is 0 Å². The molecule has 0 spiro atoms.